The van der Waals surface area contributed by atoms with Gasteiger partial charge in [0.05, 0.1) is 18.4 Å². The van der Waals surface area contributed by atoms with Gasteiger partial charge >= 0.3 is 12.0 Å². The van der Waals surface area contributed by atoms with E-state index >= 15 is 0 Å². The van der Waals surface area contributed by atoms with Crippen LogP contribution in [0.2, 0.25) is 0 Å². The van der Waals surface area contributed by atoms with Gasteiger partial charge in [-0.25, -0.2) is 9.59 Å². The molecule has 0 fully saturated rings. The van der Waals surface area contributed by atoms with E-state index in [1.165, 1.54) is 13.3 Å². The van der Waals surface area contributed by atoms with E-state index in [0.29, 0.717) is 12.2 Å². The zero-order valence-electron chi connectivity index (χ0n) is 10.2. The quantitative estimate of drug-likeness (QED) is 0.670. The molecule has 0 aliphatic carbocycles. The Labute approximate surface area is 104 Å². The van der Waals surface area contributed by atoms with Crippen LogP contribution in [0.25, 0.3) is 0 Å². The minimum absolute atomic E-state index is 0.112. The number of rotatable bonds is 6. The van der Waals surface area contributed by atoms with Gasteiger partial charge in [0.1, 0.15) is 0 Å². The second kappa shape index (κ2) is 6.60. The Morgan fingerprint density at radius 2 is 2.33 bits per heavy atom. The molecule has 1 heterocycles. The van der Waals surface area contributed by atoms with Crippen LogP contribution < -0.4 is 10.6 Å². The Morgan fingerprint density at radius 1 is 1.61 bits per heavy atom. The fourth-order valence-electron chi connectivity index (χ4n) is 1.23. The fraction of sp³-hybridized carbons (Fsp3) is 0.500. The highest BCUT2D eigenvalue weighted by molar-refractivity contribution is 5.89. The zero-order valence-corrected chi connectivity index (χ0v) is 10.2. The van der Waals surface area contributed by atoms with Crippen LogP contribution in [0.1, 0.15) is 6.92 Å². The number of carboxylic acid groups (broad SMARTS) is 1. The maximum absolute atomic E-state index is 11.4. The number of anilines is 1. The minimum atomic E-state index is -1.13. The molecule has 0 bridgehead atoms. The normalized spacial score (nSPS) is 11.9. The lowest BCUT2D eigenvalue weighted by molar-refractivity contribution is -0.147. The number of ether oxygens (including phenoxy) is 1. The van der Waals surface area contributed by atoms with Crippen molar-refractivity contribution in [3.63, 3.8) is 0 Å². The van der Waals surface area contributed by atoms with E-state index in [1.54, 1.807) is 10.9 Å². The molecule has 1 aromatic heterocycles. The van der Waals surface area contributed by atoms with Gasteiger partial charge in [0.2, 0.25) is 0 Å². The SMILES string of the molecule is CCn1cc(NC(=O)NCC(OC)C(=O)O)cn1. The summed E-state index contributed by atoms with van der Waals surface area (Å²) >= 11 is 0. The van der Waals surface area contributed by atoms with E-state index in [-0.39, 0.29) is 6.54 Å². The van der Waals surface area contributed by atoms with Crippen molar-refractivity contribution in [2.24, 2.45) is 0 Å². The second-order valence-corrected chi connectivity index (χ2v) is 3.48. The van der Waals surface area contributed by atoms with Gasteiger partial charge in [-0.1, -0.05) is 0 Å². The van der Waals surface area contributed by atoms with Gasteiger partial charge in [-0.3, -0.25) is 4.68 Å². The van der Waals surface area contributed by atoms with Crippen molar-refractivity contribution in [1.29, 1.82) is 0 Å². The summed E-state index contributed by atoms with van der Waals surface area (Å²) in [5, 5.41) is 17.6. The van der Waals surface area contributed by atoms with E-state index in [0.717, 1.165) is 0 Å². The first-order valence-corrected chi connectivity index (χ1v) is 5.39. The maximum Gasteiger partial charge on any atom is 0.334 e. The smallest absolute Gasteiger partial charge is 0.334 e. The molecule has 0 aromatic carbocycles. The van der Waals surface area contributed by atoms with Gasteiger partial charge in [0.15, 0.2) is 6.10 Å². The summed E-state index contributed by atoms with van der Waals surface area (Å²) < 4.78 is 6.33. The summed E-state index contributed by atoms with van der Waals surface area (Å²) in [5.41, 5.74) is 0.540. The van der Waals surface area contributed by atoms with Crippen molar-refractivity contribution in [3.05, 3.63) is 12.4 Å². The molecule has 0 aliphatic rings. The Morgan fingerprint density at radius 3 is 2.83 bits per heavy atom. The van der Waals surface area contributed by atoms with E-state index in [2.05, 4.69) is 20.5 Å². The van der Waals surface area contributed by atoms with Crippen LogP contribution in [-0.2, 0) is 16.1 Å². The maximum atomic E-state index is 11.4. The van der Waals surface area contributed by atoms with E-state index in [4.69, 9.17) is 5.11 Å². The summed E-state index contributed by atoms with van der Waals surface area (Å²) in [4.78, 5) is 22.1. The van der Waals surface area contributed by atoms with Gasteiger partial charge < -0.3 is 20.5 Å². The number of hydrogen-bond donors (Lipinski definition) is 3. The summed E-state index contributed by atoms with van der Waals surface area (Å²) in [5.74, 6) is -1.13. The van der Waals surface area contributed by atoms with Crippen molar-refractivity contribution in [1.82, 2.24) is 15.1 Å². The molecule has 0 radical (unpaired) electrons. The minimum Gasteiger partial charge on any atom is -0.479 e. The first kappa shape index (κ1) is 14.0. The van der Waals surface area contributed by atoms with Crippen LogP contribution in [0.5, 0.6) is 0 Å². The standard InChI is InChI=1S/C10H16N4O4/c1-3-14-6-7(4-12-14)13-10(17)11-5-8(18-2)9(15)16/h4,6,8H,3,5H2,1-2H3,(H,15,16)(H2,11,13,17). The van der Waals surface area contributed by atoms with Gasteiger partial charge in [-0.05, 0) is 6.92 Å². The van der Waals surface area contributed by atoms with Crippen LogP contribution in [0.15, 0.2) is 12.4 Å². The van der Waals surface area contributed by atoms with E-state index < -0.39 is 18.1 Å². The van der Waals surface area contributed by atoms with E-state index in [9.17, 15) is 9.59 Å². The molecule has 1 aromatic rings. The number of methoxy groups -OCH3 is 1. The fourth-order valence-corrected chi connectivity index (χ4v) is 1.23. The Balaban J connectivity index is 2.39. The number of urea groups is 1. The number of carboxylic acids is 1. The summed E-state index contributed by atoms with van der Waals surface area (Å²) in [6.45, 7) is 2.51. The van der Waals surface area contributed by atoms with Gasteiger partial charge in [-0.2, -0.15) is 5.10 Å². The average molecular weight is 256 g/mol. The number of aliphatic carboxylic acids is 1. The average Bonchev–Trinajstić information content (AvgIpc) is 2.77. The predicted octanol–water partition coefficient (Wildman–Crippen LogP) is 0.124. The monoisotopic (exact) mass is 256 g/mol. The van der Waals surface area contributed by atoms with Crippen LogP contribution >= 0.6 is 0 Å². The molecule has 3 N–H and O–H groups in total. The van der Waals surface area contributed by atoms with Gasteiger partial charge in [0.25, 0.3) is 0 Å². The Bertz CT molecular complexity index is 418. The molecule has 0 spiro atoms. The second-order valence-electron chi connectivity index (χ2n) is 3.48. The number of carbonyl (C=O) groups is 2. The first-order chi connectivity index (χ1) is 8.56. The number of aromatic nitrogens is 2. The van der Waals surface area contributed by atoms with Gasteiger partial charge in [0, 0.05) is 19.9 Å². The summed E-state index contributed by atoms with van der Waals surface area (Å²) in [7, 11) is 1.27. The number of carbonyl (C=O) groups excluding carboxylic acids is 1. The van der Waals surface area contributed by atoms with Crippen molar-refractivity contribution in [3.8, 4) is 0 Å². The lowest BCUT2D eigenvalue weighted by Gasteiger charge is -2.11. The number of amides is 2. The highest BCUT2D eigenvalue weighted by Gasteiger charge is 2.17. The Hall–Kier alpha value is -2.09. The van der Waals surface area contributed by atoms with Crippen LogP contribution in [0.4, 0.5) is 10.5 Å². The highest BCUT2D eigenvalue weighted by Crippen LogP contribution is 2.03. The molecule has 0 saturated carbocycles. The molecule has 100 valence electrons. The largest absolute Gasteiger partial charge is 0.479 e. The first-order valence-electron chi connectivity index (χ1n) is 5.39. The molecule has 8 nitrogen and oxygen atoms in total. The number of nitrogens with one attached hydrogen (secondary N) is 2. The molecule has 0 aliphatic heterocycles. The molecule has 8 heteroatoms. The third-order valence-electron chi connectivity index (χ3n) is 2.22. The molecular formula is C10H16N4O4. The molecule has 18 heavy (non-hydrogen) atoms. The van der Waals surface area contributed by atoms with Crippen LogP contribution in [-0.4, -0.2) is 46.6 Å². The number of aryl methyl sites for hydroxylation is 1. The van der Waals surface area contributed by atoms with E-state index in [1.807, 2.05) is 6.92 Å². The number of hydrogen-bond acceptors (Lipinski definition) is 4. The van der Waals surface area contributed by atoms with Crippen LogP contribution in [0, 0.1) is 0 Å². The third kappa shape index (κ3) is 4.06. The lowest BCUT2D eigenvalue weighted by Crippen LogP contribution is -2.39. The van der Waals surface area contributed by atoms with Crippen molar-refractivity contribution >= 4 is 17.7 Å². The molecule has 1 rings (SSSR count). The number of nitrogens with zero attached hydrogens (tertiary/aromatic N) is 2. The van der Waals surface area contributed by atoms with Crippen LogP contribution in [0.3, 0.4) is 0 Å². The molecular weight excluding hydrogens is 240 g/mol. The predicted molar refractivity (Wildman–Crippen MR) is 63.4 cm³/mol. The molecule has 2 amide bonds. The highest BCUT2D eigenvalue weighted by atomic mass is 16.5. The zero-order chi connectivity index (χ0) is 13.5. The lowest BCUT2D eigenvalue weighted by atomic mass is 10.3. The summed E-state index contributed by atoms with van der Waals surface area (Å²) in [6, 6.07) is -0.506. The van der Waals surface area contributed by atoms with Crippen molar-refractivity contribution in [2.75, 3.05) is 19.0 Å². The van der Waals surface area contributed by atoms with Crippen molar-refractivity contribution < 1.29 is 19.4 Å². The Kier molecular flexibility index (Phi) is 5.12. The molecule has 0 saturated heterocycles. The van der Waals surface area contributed by atoms with Gasteiger partial charge in [-0.15, -0.1) is 0 Å². The summed E-state index contributed by atoms with van der Waals surface area (Å²) in [6.07, 6.45) is 2.12. The molecule has 1 atom stereocenters. The topological polar surface area (TPSA) is 105 Å². The third-order valence-corrected chi connectivity index (χ3v) is 2.22. The molecule has 1 unspecified atom stereocenters. The van der Waals surface area contributed by atoms with Crippen molar-refractivity contribution in [2.45, 2.75) is 19.6 Å².